The van der Waals surface area contributed by atoms with Crippen molar-refractivity contribution in [2.75, 3.05) is 5.32 Å². The normalized spacial score (nSPS) is 12.3. The summed E-state index contributed by atoms with van der Waals surface area (Å²) in [5.41, 5.74) is 1.04. The van der Waals surface area contributed by atoms with Crippen LogP contribution >= 0.6 is 0 Å². The molecule has 0 saturated heterocycles. The number of hydrogen-bond donors (Lipinski definition) is 1. The molecule has 0 aliphatic carbocycles. The van der Waals surface area contributed by atoms with Gasteiger partial charge in [-0.15, -0.1) is 5.10 Å². The molecule has 0 amide bonds. The van der Waals surface area contributed by atoms with Crippen LogP contribution in [0.2, 0.25) is 0 Å². The summed E-state index contributed by atoms with van der Waals surface area (Å²) in [7, 11) is 0. The summed E-state index contributed by atoms with van der Waals surface area (Å²) >= 11 is 0. The van der Waals surface area contributed by atoms with E-state index in [1.165, 1.54) is 17.1 Å². The van der Waals surface area contributed by atoms with E-state index < -0.39 is 0 Å². The molecule has 3 rings (SSSR count). The summed E-state index contributed by atoms with van der Waals surface area (Å²) < 4.78 is 20.9. The standard InChI is InChI=1S/C14H14FN5O/c1-9-3-6-14(21-9)10(2)17-13-7-11(4-5-12(13)15)20-8-16-18-19-20/h3-8,10,17H,1-2H3. The molecule has 1 unspecified atom stereocenters. The highest BCUT2D eigenvalue weighted by Gasteiger charge is 2.13. The van der Waals surface area contributed by atoms with Crippen LogP contribution in [0.4, 0.5) is 10.1 Å². The minimum absolute atomic E-state index is 0.155. The van der Waals surface area contributed by atoms with E-state index in [-0.39, 0.29) is 11.9 Å². The number of tetrazole rings is 1. The first-order valence-electron chi connectivity index (χ1n) is 6.49. The van der Waals surface area contributed by atoms with Crippen LogP contribution in [0, 0.1) is 12.7 Å². The Morgan fingerprint density at radius 3 is 2.81 bits per heavy atom. The highest BCUT2D eigenvalue weighted by Crippen LogP contribution is 2.24. The quantitative estimate of drug-likeness (QED) is 0.799. The zero-order valence-electron chi connectivity index (χ0n) is 11.6. The number of furan rings is 1. The maximum Gasteiger partial charge on any atom is 0.146 e. The Morgan fingerprint density at radius 2 is 2.14 bits per heavy atom. The lowest BCUT2D eigenvalue weighted by Gasteiger charge is -2.14. The minimum atomic E-state index is -0.345. The van der Waals surface area contributed by atoms with Gasteiger partial charge in [-0.3, -0.25) is 0 Å². The molecular weight excluding hydrogens is 273 g/mol. The third-order valence-electron chi connectivity index (χ3n) is 3.12. The van der Waals surface area contributed by atoms with Crippen LogP contribution in [0.25, 0.3) is 5.69 Å². The second-order valence-electron chi connectivity index (χ2n) is 4.73. The van der Waals surface area contributed by atoms with Gasteiger partial charge in [0.25, 0.3) is 0 Å². The molecule has 6 nitrogen and oxygen atoms in total. The Kier molecular flexibility index (Phi) is 3.39. The van der Waals surface area contributed by atoms with Gasteiger partial charge in [-0.1, -0.05) is 0 Å². The van der Waals surface area contributed by atoms with Crippen LogP contribution in [0.1, 0.15) is 24.5 Å². The van der Waals surface area contributed by atoms with Crippen molar-refractivity contribution in [2.24, 2.45) is 0 Å². The summed E-state index contributed by atoms with van der Waals surface area (Å²) in [6.45, 7) is 3.77. The first kappa shape index (κ1) is 13.3. The first-order chi connectivity index (χ1) is 10.1. The zero-order valence-corrected chi connectivity index (χ0v) is 11.6. The van der Waals surface area contributed by atoms with Crippen LogP contribution in [0.3, 0.4) is 0 Å². The molecule has 1 aromatic carbocycles. The van der Waals surface area contributed by atoms with Crippen molar-refractivity contribution in [1.82, 2.24) is 20.2 Å². The van der Waals surface area contributed by atoms with Crippen LogP contribution in [0.5, 0.6) is 0 Å². The highest BCUT2D eigenvalue weighted by molar-refractivity contribution is 5.52. The molecule has 2 aromatic heterocycles. The van der Waals surface area contributed by atoms with Gasteiger partial charge in [-0.25, -0.2) is 9.07 Å². The van der Waals surface area contributed by atoms with Gasteiger partial charge in [-0.2, -0.15) is 0 Å². The van der Waals surface area contributed by atoms with Gasteiger partial charge in [0, 0.05) is 0 Å². The Bertz CT molecular complexity index is 738. The minimum Gasteiger partial charge on any atom is -0.464 e. The van der Waals surface area contributed by atoms with E-state index in [9.17, 15) is 4.39 Å². The first-order valence-corrected chi connectivity index (χ1v) is 6.49. The molecule has 108 valence electrons. The zero-order chi connectivity index (χ0) is 14.8. The van der Waals surface area contributed by atoms with Gasteiger partial charge in [0.1, 0.15) is 23.7 Å². The van der Waals surface area contributed by atoms with Crippen LogP contribution in [0.15, 0.2) is 41.1 Å². The number of benzene rings is 1. The van der Waals surface area contributed by atoms with Gasteiger partial charge in [0.05, 0.1) is 17.4 Å². The predicted molar refractivity (Wildman–Crippen MR) is 74.6 cm³/mol. The van der Waals surface area contributed by atoms with Crippen molar-refractivity contribution in [3.05, 3.63) is 54.0 Å². The Labute approximate surface area is 120 Å². The molecule has 7 heteroatoms. The molecule has 0 aliphatic rings. The van der Waals surface area contributed by atoms with Gasteiger partial charge in [0.2, 0.25) is 0 Å². The maximum absolute atomic E-state index is 13.9. The van der Waals surface area contributed by atoms with Gasteiger partial charge in [0.15, 0.2) is 0 Å². The van der Waals surface area contributed by atoms with Crippen molar-refractivity contribution in [3.63, 3.8) is 0 Å². The van der Waals surface area contributed by atoms with Crippen molar-refractivity contribution < 1.29 is 8.81 Å². The summed E-state index contributed by atoms with van der Waals surface area (Å²) in [6.07, 6.45) is 1.45. The van der Waals surface area contributed by atoms with Crippen LogP contribution < -0.4 is 5.32 Å². The predicted octanol–water partition coefficient (Wildman–Crippen LogP) is 2.88. The van der Waals surface area contributed by atoms with E-state index in [0.29, 0.717) is 11.4 Å². The topological polar surface area (TPSA) is 68.8 Å². The molecule has 21 heavy (non-hydrogen) atoms. The van der Waals surface area contributed by atoms with Crippen molar-refractivity contribution in [3.8, 4) is 5.69 Å². The molecule has 1 atom stereocenters. The number of aryl methyl sites for hydroxylation is 1. The van der Waals surface area contributed by atoms with Gasteiger partial charge < -0.3 is 9.73 Å². The molecule has 0 spiro atoms. The Hall–Kier alpha value is -2.70. The lowest BCUT2D eigenvalue weighted by atomic mass is 10.2. The summed E-state index contributed by atoms with van der Waals surface area (Å²) in [5, 5.41) is 14.0. The number of anilines is 1. The molecule has 0 saturated carbocycles. The summed E-state index contributed by atoms with van der Waals surface area (Å²) in [5.74, 6) is 1.23. The Morgan fingerprint density at radius 1 is 1.29 bits per heavy atom. The second-order valence-corrected chi connectivity index (χ2v) is 4.73. The highest BCUT2D eigenvalue weighted by atomic mass is 19.1. The van der Waals surface area contributed by atoms with E-state index in [2.05, 4.69) is 20.8 Å². The molecule has 0 bridgehead atoms. The molecule has 0 aliphatic heterocycles. The lowest BCUT2D eigenvalue weighted by molar-refractivity contribution is 0.466. The number of hydrogen-bond acceptors (Lipinski definition) is 5. The second kappa shape index (κ2) is 5.35. The van der Waals surface area contributed by atoms with Gasteiger partial charge in [-0.05, 0) is 54.6 Å². The van der Waals surface area contributed by atoms with Gasteiger partial charge >= 0.3 is 0 Å². The van der Waals surface area contributed by atoms with Crippen LogP contribution in [-0.2, 0) is 0 Å². The van der Waals surface area contributed by atoms with Crippen molar-refractivity contribution >= 4 is 5.69 Å². The van der Waals surface area contributed by atoms with E-state index in [1.807, 2.05) is 26.0 Å². The molecular formula is C14H14FN5O. The SMILES string of the molecule is Cc1ccc(C(C)Nc2cc(-n3cnnn3)ccc2F)o1. The van der Waals surface area contributed by atoms with Crippen molar-refractivity contribution in [2.45, 2.75) is 19.9 Å². The van der Waals surface area contributed by atoms with E-state index in [1.54, 1.807) is 12.1 Å². The van der Waals surface area contributed by atoms with Crippen molar-refractivity contribution in [1.29, 1.82) is 0 Å². The number of aromatic nitrogens is 4. The third-order valence-corrected chi connectivity index (χ3v) is 3.12. The molecule has 3 aromatic rings. The van der Waals surface area contributed by atoms with E-state index in [0.717, 1.165) is 11.5 Å². The summed E-state index contributed by atoms with van der Waals surface area (Å²) in [4.78, 5) is 0. The number of rotatable bonds is 4. The average molecular weight is 287 g/mol. The number of halogens is 1. The summed E-state index contributed by atoms with van der Waals surface area (Å²) in [6, 6.07) is 8.23. The number of nitrogens with one attached hydrogen (secondary N) is 1. The monoisotopic (exact) mass is 287 g/mol. The van der Waals surface area contributed by atoms with Crippen LogP contribution in [-0.4, -0.2) is 20.2 Å². The fourth-order valence-electron chi connectivity index (χ4n) is 2.04. The Balaban J connectivity index is 1.86. The molecule has 2 heterocycles. The van der Waals surface area contributed by atoms with E-state index in [4.69, 9.17) is 4.42 Å². The van der Waals surface area contributed by atoms with E-state index >= 15 is 0 Å². The smallest absolute Gasteiger partial charge is 0.146 e. The lowest BCUT2D eigenvalue weighted by Crippen LogP contribution is -2.08. The fourth-order valence-corrected chi connectivity index (χ4v) is 2.04. The fraction of sp³-hybridized carbons (Fsp3) is 0.214. The third kappa shape index (κ3) is 2.76. The largest absolute Gasteiger partial charge is 0.464 e. The maximum atomic E-state index is 13.9. The molecule has 1 N–H and O–H groups in total. The molecule has 0 radical (unpaired) electrons. The molecule has 0 fully saturated rings. The number of nitrogens with zero attached hydrogens (tertiary/aromatic N) is 4. The average Bonchev–Trinajstić information content (AvgIpc) is 3.12.